The minimum Gasteiger partial charge on any atom is -0.321 e. The maximum atomic E-state index is 12.8. The van der Waals surface area contributed by atoms with Crippen LogP contribution in [0, 0.1) is 11.6 Å². The summed E-state index contributed by atoms with van der Waals surface area (Å²) in [6, 6.07) is 3.51. The van der Waals surface area contributed by atoms with E-state index in [0.717, 1.165) is 25.3 Å². The van der Waals surface area contributed by atoms with Crippen molar-refractivity contribution in [2.45, 2.75) is 24.8 Å². The van der Waals surface area contributed by atoms with Gasteiger partial charge in [0.1, 0.15) is 11.6 Å². The fraction of sp³-hybridized carbons (Fsp3) is 0.400. The fourth-order valence-electron chi connectivity index (χ4n) is 1.69. The molecule has 78 valence electrons. The highest BCUT2D eigenvalue weighted by molar-refractivity contribution is 5.85. The van der Waals surface area contributed by atoms with Crippen LogP contribution in [0.1, 0.15) is 24.8 Å². The first-order chi connectivity index (χ1) is 6.10. The van der Waals surface area contributed by atoms with Crippen LogP contribution in [-0.4, -0.2) is 0 Å². The van der Waals surface area contributed by atoms with E-state index >= 15 is 0 Å². The van der Waals surface area contributed by atoms with Gasteiger partial charge in [0, 0.05) is 11.6 Å². The molecule has 0 amide bonds. The van der Waals surface area contributed by atoms with Gasteiger partial charge in [-0.15, -0.1) is 12.4 Å². The summed E-state index contributed by atoms with van der Waals surface area (Å²) in [7, 11) is 0. The lowest BCUT2D eigenvalue weighted by Gasteiger charge is -2.38. The SMILES string of the molecule is Cl.NC1(c2cc(F)cc(F)c2)CCC1. The molecule has 0 saturated heterocycles. The molecule has 1 fully saturated rings. The van der Waals surface area contributed by atoms with Crippen LogP contribution in [0.25, 0.3) is 0 Å². The molecule has 1 aromatic carbocycles. The second kappa shape index (κ2) is 3.83. The molecule has 0 aliphatic heterocycles. The second-order valence-corrected chi connectivity index (χ2v) is 3.67. The molecule has 1 aromatic rings. The summed E-state index contributed by atoms with van der Waals surface area (Å²) in [5.41, 5.74) is 6.03. The summed E-state index contributed by atoms with van der Waals surface area (Å²) in [5, 5.41) is 0. The summed E-state index contributed by atoms with van der Waals surface area (Å²) in [5.74, 6) is -1.10. The molecular formula is C10H12ClF2N. The molecule has 1 aliphatic rings. The molecule has 14 heavy (non-hydrogen) atoms. The molecule has 2 N–H and O–H groups in total. The molecule has 4 heteroatoms. The van der Waals surface area contributed by atoms with Gasteiger partial charge in [-0.1, -0.05) is 0 Å². The van der Waals surface area contributed by atoms with Gasteiger partial charge in [-0.3, -0.25) is 0 Å². The van der Waals surface area contributed by atoms with Crippen molar-refractivity contribution in [3.8, 4) is 0 Å². The molecule has 0 unspecified atom stereocenters. The maximum absolute atomic E-state index is 12.8. The summed E-state index contributed by atoms with van der Waals surface area (Å²) in [4.78, 5) is 0. The molecule has 1 aliphatic carbocycles. The Kier molecular flexibility index (Phi) is 3.12. The van der Waals surface area contributed by atoms with Crippen molar-refractivity contribution < 1.29 is 8.78 Å². The third-order valence-electron chi connectivity index (χ3n) is 2.68. The van der Waals surface area contributed by atoms with Crippen molar-refractivity contribution in [1.82, 2.24) is 0 Å². The topological polar surface area (TPSA) is 26.0 Å². The summed E-state index contributed by atoms with van der Waals surface area (Å²) >= 11 is 0. The Labute approximate surface area is 87.7 Å². The van der Waals surface area contributed by atoms with E-state index in [1.807, 2.05) is 0 Å². The Morgan fingerprint density at radius 2 is 1.57 bits per heavy atom. The number of nitrogens with two attached hydrogens (primary N) is 1. The standard InChI is InChI=1S/C10H11F2N.ClH/c11-8-4-7(5-9(12)6-8)10(13)2-1-3-10;/h4-6H,1-3,13H2;1H. The second-order valence-electron chi connectivity index (χ2n) is 3.67. The number of rotatable bonds is 1. The molecule has 0 aromatic heterocycles. The van der Waals surface area contributed by atoms with Crippen LogP contribution >= 0.6 is 12.4 Å². The first kappa shape index (κ1) is 11.4. The van der Waals surface area contributed by atoms with Gasteiger partial charge in [0.2, 0.25) is 0 Å². The van der Waals surface area contributed by atoms with Crippen LogP contribution in [0.3, 0.4) is 0 Å². The van der Waals surface area contributed by atoms with Gasteiger partial charge < -0.3 is 5.73 Å². The Bertz CT molecular complexity index is 317. The van der Waals surface area contributed by atoms with Crippen LogP contribution in [0.15, 0.2) is 18.2 Å². The number of halogens is 3. The number of benzene rings is 1. The number of hydrogen-bond donors (Lipinski definition) is 1. The third kappa shape index (κ3) is 1.88. The Morgan fingerprint density at radius 3 is 1.93 bits per heavy atom. The largest absolute Gasteiger partial charge is 0.321 e. The van der Waals surface area contributed by atoms with Crippen molar-refractivity contribution in [2.24, 2.45) is 5.73 Å². The van der Waals surface area contributed by atoms with Crippen molar-refractivity contribution >= 4 is 12.4 Å². The lowest BCUT2D eigenvalue weighted by Crippen LogP contribution is -2.43. The number of hydrogen-bond acceptors (Lipinski definition) is 1. The molecule has 0 atom stereocenters. The van der Waals surface area contributed by atoms with Crippen LogP contribution in [0.2, 0.25) is 0 Å². The monoisotopic (exact) mass is 219 g/mol. The van der Waals surface area contributed by atoms with Crippen molar-refractivity contribution in [3.63, 3.8) is 0 Å². The summed E-state index contributed by atoms with van der Waals surface area (Å²) in [6.45, 7) is 0. The zero-order chi connectivity index (χ0) is 9.47. The van der Waals surface area contributed by atoms with Crippen molar-refractivity contribution in [3.05, 3.63) is 35.4 Å². The van der Waals surface area contributed by atoms with Gasteiger partial charge in [-0.05, 0) is 37.0 Å². The van der Waals surface area contributed by atoms with Gasteiger partial charge in [0.05, 0.1) is 0 Å². The van der Waals surface area contributed by atoms with E-state index in [1.54, 1.807) is 0 Å². The normalized spacial score (nSPS) is 18.2. The van der Waals surface area contributed by atoms with E-state index in [1.165, 1.54) is 12.1 Å². The van der Waals surface area contributed by atoms with Gasteiger partial charge in [0.15, 0.2) is 0 Å². The van der Waals surface area contributed by atoms with E-state index in [-0.39, 0.29) is 12.4 Å². The van der Waals surface area contributed by atoms with Gasteiger partial charge in [0.25, 0.3) is 0 Å². The van der Waals surface area contributed by atoms with Crippen LogP contribution < -0.4 is 5.73 Å². The van der Waals surface area contributed by atoms with E-state index in [4.69, 9.17) is 5.73 Å². The maximum Gasteiger partial charge on any atom is 0.126 e. The average molecular weight is 220 g/mol. The Balaban J connectivity index is 0.000000980. The summed E-state index contributed by atoms with van der Waals surface area (Å²) in [6.07, 6.45) is 2.67. The fourth-order valence-corrected chi connectivity index (χ4v) is 1.69. The molecule has 2 rings (SSSR count). The highest BCUT2D eigenvalue weighted by Crippen LogP contribution is 2.38. The predicted molar refractivity (Wildman–Crippen MR) is 53.3 cm³/mol. The Morgan fingerprint density at radius 1 is 1.07 bits per heavy atom. The predicted octanol–water partition coefficient (Wildman–Crippen LogP) is 2.72. The van der Waals surface area contributed by atoms with Crippen LogP contribution in [0.4, 0.5) is 8.78 Å². The molecule has 1 nitrogen and oxygen atoms in total. The van der Waals surface area contributed by atoms with Gasteiger partial charge >= 0.3 is 0 Å². The average Bonchev–Trinajstić information content (AvgIpc) is 1.98. The molecule has 1 saturated carbocycles. The lowest BCUT2D eigenvalue weighted by atomic mass is 9.73. The highest BCUT2D eigenvalue weighted by atomic mass is 35.5. The molecular weight excluding hydrogens is 208 g/mol. The molecule has 0 spiro atoms. The van der Waals surface area contributed by atoms with E-state index in [2.05, 4.69) is 0 Å². The van der Waals surface area contributed by atoms with Gasteiger partial charge in [-0.25, -0.2) is 8.78 Å². The Hall–Kier alpha value is -0.670. The molecule has 0 radical (unpaired) electrons. The third-order valence-corrected chi connectivity index (χ3v) is 2.68. The first-order valence-electron chi connectivity index (χ1n) is 4.36. The van der Waals surface area contributed by atoms with Crippen LogP contribution in [-0.2, 0) is 5.54 Å². The van der Waals surface area contributed by atoms with E-state index in [0.29, 0.717) is 5.56 Å². The highest BCUT2D eigenvalue weighted by Gasteiger charge is 2.34. The van der Waals surface area contributed by atoms with Crippen molar-refractivity contribution in [1.29, 1.82) is 0 Å². The van der Waals surface area contributed by atoms with Gasteiger partial charge in [-0.2, -0.15) is 0 Å². The first-order valence-corrected chi connectivity index (χ1v) is 4.36. The van der Waals surface area contributed by atoms with Crippen LogP contribution in [0.5, 0.6) is 0 Å². The molecule has 0 bridgehead atoms. The van der Waals surface area contributed by atoms with E-state index < -0.39 is 17.2 Å². The smallest absolute Gasteiger partial charge is 0.126 e. The zero-order valence-corrected chi connectivity index (χ0v) is 8.41. The minimum atomic E-state index is -0.549. The van der Waals surface area contributed by atoms with E-state index in [9.17, 15) is 8.78 Å². The lowest BCUT2D eigenvalue weighted by molar-refractivity contribution is 0.252. The summed E-state index contributed by atoms with van der Waals surface area (Å²) < 4.78 is 25.6. The zero-order valence-electron chi connectivity index (χ0n) is 7.59. The quantitative estimate of drug-likeness (QED) is 0.772. The molecule has 0 heterocycles. The van der Waals surface area contributed by atoms with Crippen molar-refractivity contribution in [2.75, 3.05) is 0 Å². The minimum absolute atomic E-state index is 0.